The first-order chi connectivity index (χ1) is 6.82. The van der Waals surface area contributed by atoms with E-state index < -0.39 is 23.8 Å². The highest BCUT2D eigenvalue weighted by Crippen LogP contribution is 2.29. The van der Waals surface area contributed by atoms with Crippen molar-refractivity contribution >= 4 is 11.9 Å². The molecule has 0 radical (unpaired) electrons. The lowest BCUT2D eigenvalue weighted by Gasteiger charge is -2.27. The highest BCUT2D eigenvalue weighted by Gasteiger charge is 2.38. The van der Waals surface area contributed by atoms with Gasteiger partial charge < -0.3 is 10.2 Å². The summed E-state index contributed by atoms with van der Waals surface area (Å²) in [6, 6.07) is 0. The second kappa shape index (κ2) is 5.73. The van der Waals surface area contributed by atoms with Gasteiger partial charge in [0, 0.05) is 0 Å². The van der Waals surface area contributed by atoms with Crippen molar-refractivity contribution in [2.24, 2.45) is 23.7 Å². The number of hydrogen-bond acceptors (Lipinski definition) is 2. The maximum absolute atomic E-state index is 11.1. The molecule has 4 heteroatoms. The van der Waals surface area contributed by atoms with Gasteiger partial charge in [-0.25, -0.2) is 0 Å². The van der Waals surface area contributed by atoms with Crippen molar-refractivity contribution in [3.8, 4) is 0 Å². The zero-order valence-corrected chi connectivity index (χ0v) is 9.73. The fourth-order valence-electron chi connectivity index (χ4n) is 1.86. The van der Waals surface area contributed by atoms with E-state index in [4.69, 9.17) is 10.2 Å². The molecule has 0 rings (SSSR count). The first-order valence-electron chi connectivity index (χ1n) is 5.28. The Kier molecular flexibility index (Phi) is 5.33. The van der Waals surface area contributed by atoms with E-state index in [9.17, 15) is 9.59 Å². The molecule has 3 unspecified atom stereocenters. The lowest BCUT2D eigenvalue weighted by atomic mass is 9.76. The molecular formula is C11H20O4. The Balaban J connectivity index is 5.01. The normalized spacial score (nSPS) is 17.1. The van der Waals surface area contributed by atoms with E-state index in [1.54, 1.807) is 20.8 Å². The number of hydrogen-bond donors (Lipinski definition) is 2. The van der Waals surface area contributed by atoms with Crippen LogP contribution < -0.4 is 0 Å². The van der Waals surface area contributed by atoms with Gasteiger partial charge in [-0.05, 0) is 11.8 Å². The molecule has 0 aromatic rings. The second-order valence-corrected chi connectivity index (χ2v) is 4.36. The van der Waals surface area contributed by atoms with E-state index in [-0.39, 0.29) is 11.8 Å². The molecule has 0 amide bonds. The maximum Gasteiger partial charge on any atom is 0.307 e. The van der Waals surface area contributed by atoms with Crippen molar-refractivity contribution in [2.45, 2.75) is 34.1 Å². The van der Waals surface area contributed by atoms with Crippen molar-refractivity contribution in [2.75, 3.05) is 0 Å². The van der Waals surface area contributed by atoms with Crippen molar-refractivity contribution < 1.29 is 19.8 Å². The minimum absolute atomic E-state index is 0.119. The Morgan fingerprint density at radius 3 is 1.60 bits per heavy atom. The van der Waals surface area contributed by atoms with Crippen molar-refractivity contribution in [1.29, 1.82) is 0 Å². The summed E-state index contributed by atoms with van der Waals surface area (Å²) in [4.78, 5) is 22.1. The monoisotopic (exact) mass is 216 g/mol. The van der Waals surface area contributed by atoms with Crippen LogP contribution in [0.3, 0.4) is 0 Å². The molecule has 4 nitrogen and oxygen atoms in total. The highest BCUT2D eigenvalue weighted by molar-refractivity contribution is 5.80. The molecule has 88 valence electrons. The van der Waals surface area contributed by atoms with Crippen LogP contribution in [-0.4, -0.2) is 22.2 Å². The number of carbonyl (C=O) groups is 2. The molecule has 0 aliphatic rings. The molecule has 0 saturated heterocycles. The molecule has 0 heterocycles. The molecule has 0 spiro atoms. The van der Waals surface area contributed by atoms with E-state index in [2.05, 4.69) is 0 Å². The number of aliphatic carboxylic acids is 2. The molecule has 0 aromatic heterocycles. The van der Waals surface area contributed by atoms with Gasteiger partial charge in [-0.2, -0.15) is 0 Å². The third kappa shape index (κ3) is 3.53. The van der Waals surface area contributed by atoms with E-state index in [1.807, 2.05) is 6.92 Å². The van der Waals surface area contributed by atoms with Gasteiger partial charge in [-0.3, -0.25) is 9.59 Å². The summed E-state index contributed by atoms with van der Waals surface area (Å²) in [5.41, 5.74) is 0. The average molecular weight is 216 g/mol. The maximum atomic E-state index is 11.1. The van der Waals surface area contributed by atoms with Gasteiger partial charge in [-0.1, -0.05) is 34.1 Å². The number of carboxylic acid groups (broad SMARTS) is 2. The largest absolute Gasteiger partial charge is 0.481 e. The van der Waals surface area contributed by atoms with Crippen LogP contribution >= 0.6 is 0 Å². The van der Waals surface area contributed by atoms with Crippen molar-refractivity contribution in [1.82, 2.24) is 0 Å². The van der Waals surface area contributed by atoms with Crippen LogP contribution in [0.4, 0.5) is 0 Å². The fraction of sp³-hybridized carbons (Fsp3) is 0.818. The van der Waals surface area contributed by atoms with Crippen LogP contribution in [0.1, 0.15) is 34.1 Å². The van der Waals surface area contributed by atoms with Crippen molar-refractivity contribution in [3.63, 3.8) is 0 Å². The number of carboxylic acids is 2. The first kappa shape index (κ1) is 13.9. The third-order valence-corrected chi connectivity index (χ3v) is 2.93. The van der Waals surface area contributed by atoms with Crippen LogP contribution in [0.15, 0.2) is 0 Å². The van der Waals surface area contributed by atoms with Crippen LogP contribution in [-0.2, 0) is 9.59 Å². The Bertz CT molecular complexity index is 235. The van der Waals surface area contributed by atoms with E-state index in [0.29, 0.717) is 6.42 Å². The minimum Gasteiger partial charge on any atom is -0.481 e. The van der Waals surface area contributed by atoms with Crippen molar-refractivity contribution in [3.05, 3.63) is 0 Å². The van der Waals surface area contributed by atoms with Gasteiger partial charge in [0.15, 0.2) is 0 Å². The minimum atomic E-state index is -1.02. The molecule has 0 saturated carbocycles. The van der Waals surface area contributed by atoms with E-state index in [1.165, 1.54) is 0 Å². The van der Waals surface area contributed by atoms with Crippen LogP contribution in [0, 0.1) is 23.7 Å². The summed E-state index contributed by atoms with van der Waals surface area (Å²) >= 11 is 0. The summed E-state index contributed by atoms with van der Waals surface area (Å²) in [5.74, 6) is -3.92. The molecule has 0 aliphatic heterocycles. The summed E-state index contributed by atoms with van der Waals surface area (Å²) in [6.45, 7) is 7.16. The zero-order valence-electron chi connectivity index (χ0n) is 9.73. The van der Waals surface area contributed by atoms with E-state index in [0.717, 1.165) is 0 Å². The lowest BCUT2D eigenvalue weighted by Crippen LogP contribution is -2.37. The van der Waals surface area contributed by atoms with Gasteiger partial charge in [-0.15, -0.1) is 0 Å². The lowest BCUT2D eigenvalue weighted by molar-refractivity contribution is -0.158. The van der Waals surface area contributed by atoms with Crippen LogP contribution in [0.5, 0.6) is 0 Å². The first-order valence-corrected chi connectivity index (χ1v) is 5.28. The Hall–Kier alpha value is -1.06. The van der Waals surface area contributed by atoms with Gasteiger partial charge in [0.1, 0.15) is 0 Å². The van der Waals surface area contributed by atoms with Gasteiger partial charge in [0.05, 0.1) is 11.8 Å². The second-order valence-electron chi connectivity index (χ2n) is 4.36. The average Bonchev–Trinajstić information content (AvgIpc) is 2.10. The molecule has 0 aliphatic carbocycles. The third-order valence-electron chi connectivity index (χ3n) is 2.93. The van der Waals surface area contributed by atoms with Gasteiger partial charge in [0.25, 0.3) is 0 Å². The summed E-state index contributed by atoms with van der Waals surface area (Å²) in [6.07, 6.45) is 0.674. The molecule has 0 bridgehead atoms. The highest BCUT2D eigenvalue weighted by atomic mass is 16.4. The number of rotatable bonds is 6. The molecule has 2 N–H and O–H groups in total. The predicted molar refractivity (Wildman–Crippen MR) is 56.5 cm³/mol. The summed E-state index contributed by atoms with van der Waals surface area (Å²) in [5, 5.41) is 18.1. The van der Waals surface area contributed by atoms with Crippen LogP contribution in [0.2, 0.25) is 0 Å². The molecule has 15 heavy (non-hydrogen) atoms. The van der Waals surface area contributed by atoms with Gasteiger partial charge >= 0.3 is 11.9 Å². The van der Waals surface area contributed by atoms with Gasteiger partial charge in [0.2, 0.25) is 0 Å². The predicted octanol–water partition coefficient (Wildman–Crippen LogP) is 2.09. The molecule has 3 atom stereocenters. The van der Waals surface area contributed by atoms with Crippen LogP contribution in [0.25, 0.3) is 0 Å². The summed E-state index contributed by atoms with van der Waals surface area (Å²) in [7, 11) is 0. The molecular weight excluding hydrogens is 196 g/mol. The smallest absolute Gasteiger partial charge is 0.307 e. The quantitative estimate of drug-likeness (QED) is 0.713. The topological polar surface area (TPSA) is 74.6 Å². The standard InChI is InChI=1S/C11H20O4/c1-5-7(4)9(11(14)15)8(6(2)3)10(12)13/h6-9H,5H2,1-4H3,(H,12,13)(H,14,15). The Morgan fingerprint density at radius 1 is 1.00 bits per heavy atom. The fourth-order valence-corrected chi connectivity index (χ4v) is 1.86. The van der Waals surface area contributed by atoms with E-state index >= 15 is 0 Å². The zero-order chi connectivity index (χ0) is 12.2. The Morgan fingerprint density at radius 2 is 1.40 bits per heavy atom. The summed E-state index contributed by atoms with van der Waals surface area (Å²) < 4.78 is 0. The SMILES string of the molecule is CCC(C)C(C(=O)O)C(C(=O)O)C(C)C. The Labute approximate surface area is 90.3 Å². The molecule has 0 fully saturated rings. The molecule has 0 aromatic carbocycles.